The number of nitrogens with zero attached hydrogens (tertiary/aromatic N) is 2. The number of thiocarbonyl (C=S) groups is 1. The molecule has 1 aromatic rings. The third-order valence-corrected chi connectivity index (χ3v) is 4.76. The second kappa shape index (κ2) is 7.81. The maximum absolute atomic E-state index is 12.4. The van der Waals surface area contributed by atoms with Crippen LogP contribution in [0.2, 0.25) is 0 Å². The summed E-state index contributed by atoms with van der Waals surface area (Å²) in [5, 5.41) is 3.91. The van der Waals surface area contributed by atoms with Gasteiger partial charge in [0, 0.05) is 44.5 Å². The number of methoxy groups -OCH3 is 1. The number of anilines is 1. The number of benzene rings is 1. The van der Waals surface area contributed by atoms with Gasteiger partial charge in [0.2, 0.25) is 0 Å². The Morgan fingerprint density at radius 1 is 1.29 bits per heavy atom. The van der Waals surface area contributed by atoms with Gasteiger partial charge in [0.1, 0.15) is 11.9 Å². The van der Waals surface area contributed by atoms with Gasteiger partial charge in [0.15, 0.2) is 5.11 Å². The topological polar surface area (TPSA) is 54.0 Å². The van der Waals surface area contributed by atoms with Crippen LogP contribution in [0.4, 0.5) is 5.69 Å². The minimum Gasteiger partial charge on any atom is -0.497 e. The average molecular weight is 349 g/mol. The largest absolute Gasteiger partial charge is 0.497 e. The summed E-state index contributed by atoms with van der Waals surface area (Å²) in [4.78, 5) is 16.3. The first-order chi connectivity index (χ1) is 11.7. The SMILES string of the molecule is COc1cccc(NC(=S)N2CCN(C(=O)C3CCCO3)CC2)c1. The summed E-state index contributed by atoms with van der Waals surface area (Å²) >= 11 is 5.49. The first-order valence-electron chi connectivity index (χ1n) is 8.28. The molecular weight excluding hydrogens is 326 g/mol. The van der Waals surface area contributed by atoms with Crippen LogP contribution in [0.15, 0.2) is 24.3 Å². The lowest BCUT2D eigenvalue weighted by Crippen LogP contribution is -2.53. The van der Waals surface area contributed by atoms with Crippen molar-refractivity contribution in [2.24, 2.45) is 0 Å². The predicted octanol–water partition coefficient (Wildman–Crippen LogP) is 1.72. The molecule has 24 heavy (non-hydrogen) atoms. The fraction of sp³-hybridized carbons (Fsp3) is 0.529. The number of nitrogens with one attached hydrogen (secondary N) is 1. The van der Waals surface area contributed by atoms with Crippen molar-refractivity contribution < 1.29 is 14.3 Å². The monoisotopic (exact) mass is 349 g/mol. The Balaban J connectivity index is 1.50. The number of rotatable bonds is 3. The van der Waals surface area contributed by atoms with E-state index >= 15 is 0 Å². The summed E-state index contributed by atoms with van der Waals surface area (Å²) < 4.78 is 10.7. The summed E-state index contributed by atoms with van der Waals surface area (Å²) in [5.41, 5.74) is 0.900. The van der Waals surface area contributed by atoms with E-state index in [1.54, 1.807) is 7.11 Å². The van der Waals surface area contributed by atoms with Crippen LogP contribution in [0.1, 0.15) is 12.8 Å². The zero-order valence-electron chi connectivity index (χ0n) is 13.9. The maximum atomic E-state index is 12.4. The van der Waals surface area contributed by atoms with Gasteiger partial charge >= 0.3 is 0 Å². The summed E-state index contributed by atoms with van der Waals surface area (Å²) in [7, 11) is 1.64. The quantitative estimate of drug-likeness (QED) is 0.839. The number of piperazine rings is 1. The Labute approximate surface area is 147 Å². The number of ether oxygens (including phenoxy) is 2. The molecule has 1 atom stereocenters. The molecule has 0 aliphatic carbocycles. The number of amides is 1. The Kier molecular flexibility index (Phi) is 5.52. The fourth-order valence-electron chi connectivity index (χ4n) is 3.01. The van der Waals surface area contributed by atoms with Gasteiger partial charge in [-0.2, -0.15) is 0 Å². The van der Waals surface area contributed by atoms with Gasteiger partial charge in [0.25, 0.3) is 5.91 Å². The highest BCUT2D eigenvalue weighted by Crippen LogP contribution is 2.18. The summed E-state index contributed by atoms with van der Waals surface area (Å²) in [6, 6.07) is 7.67. The molecule has 2 fully saturated rings. The third kappa shape index (κ3) is 3.96. The first kappa shape index (κ1) is 17.0. The molecule has 1 amide bonds. The zero-order chi connectivity index (χ0) is 16.9. The first-order valence-corrected chi connectivity index (χ1v) is 8.68. The van der Waals surface area contributed by atoms with Crippen LogP contribution >= 0.6 is 12.2 Å². The van der Waals surface area contributed by atoms with Crippen molar-refractivity contribution in [2.75, 3.05) is 45.2 Å². The molecule has 1 aromatic carbocycles. The molecule has 3 rings (SSSR count). The number of carbonyl (C=O) groups is 1. The molecule has 1 N–H and O–H groups in total. The van der Waals surface area contributed by atoms with Crippen molar-refractivity contribution >= 4 is 28.9 Å². The Hall–Kier alpha value is -1.86. The third-order valence-electron chi connectivity index (χ3n) is 4.40. The van der Waals surface area contributed by atoms with E-state index in [1.165, 1.54) is 0 Å². The van der Waals surface area contributed by atoms with E-state index in [4.69, 9.17) is 21.7 Å². The van der Waals surface area contributed by atoms with Crippen molar-refractivity contribution in [1.29, 1.82) is 0 Å². The lowest BCUT2D eigenvalue weighted by atomic mass is 10.2. The van der Waals surface area contributed by atoms with Crippen LogP contribution in [0.3, 0.4) is 0 Å². The molecular formula is C17H23N3O3S. The molecule has 1 unspecified atom stereocenters. The fourth-order valence-corrected chi connectivity index (χ4v) is 3.31. The van der Waals surface area contributed by atoms with Gasteiger partial charge in [0.05, 0.1) is 7.11 Å². The molecule has 0 radical (unpaired) electrons. The minimum absolute atomic E-state index is 0.124. The van der Waals surface area contributed by atoms with Gasteiger partial charge in [-0.3, -0.25) is 4.79 Å². The van der Waals surface area contributed by atoms with Crippen LogP contribution in [0.25, 0.3) is 0 Å². The van der Waals surface area contributed by atoms with E-state index in [1.807, 2.05) is 29.2 Å². The van der Waals surface area contributed by atoms with E-state index in [-0.39, 0.29) is 12.0 Å². The van der Waals surface area contributed by atoms with E-state index in [0.717, 1.165) is 37.4 Å². The van der Waals surface area contributed by atoms with Crippen molar-refractivity contribution in [1.82, 2.24) is 9.80 Å². The van der Waals surface area contributed by atoms with Crippen molar-refractivity contribution in [3.05, 3.63) is 24.3 Å². The van der Waals surface area contributed by atoms with Crippen molar-refractivity contribution in [3.63, 3.8) is 0 Å². The van der Waals surface area contributed by atoms with Gasteiger partial charge in [-0.25, -0.2) is 0 Å². The molecule has 0 saturated carbocycles. The Morgan fingerprint density at radius 3 is 2.71 bits per heavy atom. The van der Waals surface area contributed by atoms with Crippen LogP contribution < -0.4 is 10.1 Å². The van der Waals surface area contributed by atoms with Crippen LogP contribution in [-0.2, 0) is 9.53 Å². The Morgan fingerprint density at radius 2 is 2.04 bits per heavy atom. The van der Waals surface area contributed by atoms with E-state index in [9.17, 15) is 4.79 Å². The Bertz CT molecular complexity index is 596. The average Bonchev–Trinajstić information content (AvgIpc) is 3.16. The van der Waals surface area contributed by atoms with Crippen molar-refractivity contribution in [2.45, 2.75) is 18.9 Å². The van der Waals surface area contributed by atoms with Crippen LogP contribution in [-0.4, -0.2) is 66.8 Å². The molecule has 2 heterocycles. The normalized spacial score (nSPS) is 20.8. The molecule has 0 spiro atoms. The second-order valence-electron chi connectivity index (χ2n) is 5.98. The smallest absolute Gasteiger partial charge is 0.251 e. The van der Waals surface area contributed by atoms with Crippen molar-refractivity contribution in [3.8, 4) is 5.75 Å². The van der Waals surface area contributed by atoms with Gasteiger partial charge in [-0.15, -0.1) is 0 Å². The van der Waals surface area contributed by atoms with E-state index in [0.29, 0.717) is 24.8 Å². The molecule has 0 aromatic heterocycles. The number of hydrogen-bond acceptors (Lipinski definition) is 4. The second-order valence-corrected chi connectivity index (χ2v) is 6.36. The highest BCUT2D eigenvalue weighted by Gasteiger charge is 2.30. The lowest BCUT2D eigenvalue weighted by Gasteiger charge is -2.37. The summed E-state index contributed by atoms with van der Waals surface area (Å²) in [5.74, 6) is 0.911. The zero-order valence-corrected chi connectivity index (χ0v) is 14.7. The number of carbonyl (C=O) groups excluding carboxylic acids is 1. The van der Waals surface area contributed by atoms with E-state index in [2.05, 4.69) is 10.2 Å². The molecule has 6 nitrogen and oxygen atoms in total. The maximum Gasteiger partial charge on any atom is 0.251 e. The lowest BCUT2D eigenvalue weighted by molar-refractivity contribution is -0.142. The van der Waals surface area contributed by atoms with Crippen LogP contribution in [0.5, 0.6) is 5.75 Å². The van der Waals surface area contributed by atoms with Gasteiger partial charge < -0.3 is 24.6 Å². The molecule has 0 bridgehead atoms. The van der Waals surface area contributed by atoms with E-state index < -0.39 is 0 Å². The van der Waals surface area contributed by atoms with Gasteiger partial charge in [-0.05, 0) is 37.2 Å². The minimum atomic E-state index is -0.238. The summed E-state index contributed by atoms with van der Waals surface area (Å²) in [6.45, 7) is 3.52. The highest BCUT2D eigenvalue weighted by molar-refractivity contribution is 7.80. The molecule has 2 aliphatic heterocycles. The number of hydrogen-bond donors (Lipinski definition) is 1. The highest BCUT2D eigenvalue weighted by atomic mass is 32.1. The predicted molar refractivity (Wildman–Crippen MR) is 96.3 cm³/mol. The van der Waals surface area contributed by atoms with Crippen LogP contribution in [0, 0.1) is 0 Å². The molecule has 7 heteroatoms. The molecule has 130 valence electrons. The summed E-state index contributed by atoms with van der Waals surface area (Å²) in [6.07, 6.45) is 1.58. The molecule has 2 saturated heterocycles. The molecule has 2 aliphatic rings. The van der Waals surface area contributed by atoms with Gasteiger partial charge in [-0.1, -0.05) is 6.07 Å². The standard InChI is InChI=1S/C17H23N3O3S/c1-22-14-5-2-4-13(12-14)18-17(24)20-9-7-19(8-10-20)16(21)15-6-3-11-23-15/h2,4-5,12,15H,3,6-11H2,1H3,(H,18,24).